The Morgan fingerprint density at radius 3 is 2.55 bits per heavy atom. The number of ether oxygens (including phenoxy) is 2. The number of amides is 1. The fourth-order valence-corrected chi connectivity index (χ4v) is 1.20. The van der Waals surface area contributed by atoms with Gasteiger partial charge in [-0.05, 0) is 12.1 Å². The largest absolute Gasteiger partial charge is 0.489 e. The minimum absolute atomic E-state index is 0.00422. The maximum atomic E-state index is 13.2. The van der Waals surface area contributed by atoms with Crippen LogP contribution in [-0.4, -0.2) is 44.0 Å². The molecule has 0 fully saturated rings. The van der Waals surface area contributed by atoms with Gasteiger partial charge in [0.05, 0.1) is 6.54 Å². The number of halogens is 4. The first-order valence-corrected chi connectivity index (χ1v) is 5.61. The Labute approximate surface area is 112 Å². The Morgan fingerprint density at radius 1 is 1.30 bits per heavy atom. The number of carbonyl (C=O) groups is 1. The molecule has 1 aromatic carbocycles. The number of alkyl halides is 3. The average molecular weight is 295 g/mol. The van der Waals surface area contributed by atoms with Crippen molar-refractivity contribution in [3.05, 3.63) is 30.1 Å². The molecule has 0 bridgehead atoms. The van der Waals surface area contributed by atoms with E-state index >= 15 is 0 Å². The molecule has 0 aliphatic heterocycles. The number of para-hydroxylation sites is 1. The molecule has 4 nitrogen and oxygen atoms in total. The summed E-state index contributed by atoms with van der Waals surface area (Å²) in [6.07, 6.45) is -5.69. The van der Waals surface area contributed by atoms with Gasteiger partial charge in [-0.25, -0.2) is 9.18 Å². The van der Waals surface area contributed by atoms with Crippen molar-refractivity contribution in [3.8, 4) is 5.75 Å². The molecule has 1 aromatic rings. The second kappa shape index (κ2) is 6.97. The zero-order valence-electron chi connectivity index (χ0n) is 10.6. The highest BCUT2D eigenvalue weighted by Crippen LogP contribution is 2.16. The third-order valence-electron chi connectivity index (χ3n) is 2.19. The van der Waals surface area contributed by atoms with Crippen molar-refractivity contribution >= 4 is 6.09 Å². The van der Waals surface area contributed by atoms with Crippen molar-refractivity contribution in [3.63, 3.8) is 0 Å². The molecule has 0 aliphatic rings. The lowest BCUT2D eigenvalue weighted by Gasteiger charge is -2.18. The van der Waals surface area contributed by atoms with Crippen LogP contribution < -0.4 is 4.74 Å². The van der Waals surface area contributed by atoms with Crippen molar-refractivity contribution in [2.75, 3.05) is 26.8 Å². The zero-order chi connectivity index (χ0) is 15.2. The van der Waals surface area contributed by atoms with Gasteiger partial charge in [0, 0.05) is 7.05 Å². The number of hydrogen-bond donors (Lipinski definition) is 0. The summed E-state index contributed by atoms with van der Waals surface area (Å²) < 4.78 is 57.8. The predicted molar refractivity (Wildman–Crippen MR) is 61.9 cm³/mol. The Hall–Kier alpha value is -1.99. The van der Waals surface area contributed by atoms with E-state index in [0.29, 0.717) is 0 Å². The monoisotopic (exact) mass is 295 g/mol. The highest BCUT2D eigenvalue weighted by molar-refractivity contribution is 5.67. The van der Waals surface area contributed by atoms with Gasteiger partial charge in [-0.3, -0.25) is 0 Å². The van der Waals surface area contributed by atoms with Gasteiger partial charge in [0.1, 0.15) is 6.61 Å². The van der Waals surface area contributed by atoms with Crippen LogP contribution in [0.15, 0.2) is 24.3 Å². The van der Waals surface area contributed by atoms with Crippen LogP contribution in [0.4, 0.5) is 22.4 Å². The molecule has 20 heavy (non-hydrogen) atoms. The van der Waals surface area contributed by atoms with Crippen molar-refractivity contribution in [1.29, 1.82) is 0 Å². The van der Waals surface area contributed by atoms with Crippen molar-refractivity contribution < 1.29 is 31.8 Å². The Morgan fingerprint density at radius 2 is 1.95 bits per heavy atom. The molecule has 8 heteroatoms. The molecule has 0 N–H and O–H groups in total. The normalized spacial score (nSPS) is 11.1. The van der Waals surface area contributed by atoms with E-state index in [-0.39, 0.29) is 18.9 Å². The fourth-order valence-electron chi connectivity index (χ4n) is 1.20. The second-order valence-corrected chi connectivity index (χ2v) is 3.87. The molecule has 0 spiro atoms. The van der Waals surface area contributed by atoms with Gasteiger partial charge in [0.15, 0.2) is 18.2 Å². The number of hydrogen-bond acceptors (Lipinski definition) is 3. The maximum Gasteiger partial charge on any atom is 0.422 e. The smallest absolute Gasteiger partial charge is 0.422 e. The lowest BCUT2D eigenvalue weighted by atomic mass is 10.3. The third-order valence-corrected chi connectivity index (χ3v) is 2.19. The summed E-state index contributed by atoms with van der Waals surface area (Å²) in [5.41, 5.74) is 0. The van der Waals surface area contributed by atoms with E-state index in [1.54, 1.807) is 6.07 Å². The van der Waals surface area contributed by atoms with E-state index in [1.165, 1.54) is 25.2 Å². The first kappa shape index (κ1) is 16.1. The topological polar surface area (TPSA) is 38.8 Å². The number of likely N-dealkylation sites (N-methyl/N-ethyl adjacent to an activating group) is 1. The summed E-state index contributed by atoms with van der Waals surface area (Å²) >= 11 is 0. The van der Waals surface area contributed by atoms with E-state index < -0.39 is 24.7 Å². The van der Waals surface area contributed by atoms with Gasteiger partial charge in [0.25, 0.3) is 0 Å². The molecule has 0 saturated carbocycles. The van der Waals surface area contributed by atoms with Crippen molar-refractivity contribution in [2.24, 2.45) is 0 Å². The molecule has 112 valence electrons. The van der Waals surface area contributed by atoms with Gasteiger partial charge >= 0.3 is 12.3 Å². The van der Waals surface area contributed by atoms with Crippen LogP contribution in [0.1, 0.15) is 0 Å². The molecule has 0 saturated heterocycles. The summed E-state index contributed by atoms with van der Waals surface area (Å²) in [6.45, 7) is -1.76. The Kier molecular flexibility index (Phi) is 5.60. The summed E-state index contributed by atoms with van der Waals surface area (Å²) in [6, 6.07) is 5.66. The van der Waals surface area contributed by atoms with E-state index in [0.717, 1.165) is 4.90 Å². The predicted octanol–water partition coefficient (Wildman–Crippen LogP) is 2.84. The lowest BCUT2D eigenvalue weighted by molar-refractivity contribution is -0.162. The molecular formula is C12H13F4NO3. The first-order chi connectivity index (χ1) is 9.29. The molecule has 0 aromatic heterocycles. The van der Waals surface area contributed by atoms with Crippen LogP contribution in [0.5, 0.6) is 5.75 Å². The van der Waals surface area contributed by atoms with Gasteiger partial charge < -0.3 is 14.4 Å². The molecular weight excluding hydrogens is 282 g/mol. The minimum Gasteiger partial charge on any atom is -0.489 e. The first-order valence-electron chi connectivity index (χ1n) is 5.61. The maximum absolute atomic E-state index is 13.2. The number of nitrogens with zero attached hydrogens (tertiary/aromatic N) is 1. The highest BCUT2D eigenvalue weighted by atomic mass is 19.4. The van der Waals surface area contributed by atoms with Crippen LogP contribution in [0.25, 0.3) is 0 Å². The number of benzene rings is 1. The second-order valence-electron chi connectivity index (χ2n) is 3.87. The highest BCUT2D eigenvalue weighted by Gasteiger charge is 2.30. The van der Waals surface area contributed by atoms with Crippen LogP contribution in [0.2, 0.25) is 0 Å². The molecule has 1 amide bonds. The SMILES string of the molecule is CN(CCOc1ccccc1F)C(=O)OCC(F)(F)F. The van der Waals surface area contributed by atoms with Crippen LogP contribution in [-0.2, 0) is 4.74 Å². The number of carbonyl (C=O) groups excluding carboxylic acids is 1. The Balaban J connectivity index is 2.31. The standard InChI is InChI=1S/C12H13F4NO3/c1-17(11(18)20-8-12(14,15)16)6-7-19-10-5-3-2-4-9(10)13/h2-5H,6-8H2,1H3. The third kappa shape index (κ3) is 5.77. The molecule has 0 aliphatic carbocycles. The quantitative estimate of drug-likeness (QED) is 0.784. The molecule has 0 atom stereocenters. The molecule has 1 rings (SSSR count). The van der Waals surface area contributed by atoms with Gasteiger partial charge in [-0.1, -0.05) is 12.1 Å². The van der Waals surface area contributed by atoms with Gasteiger partial charge in [0.2, 0.25) is 0 Å². The number of rotatable bonds is 5. The van der Waals surface area contributed by atoms with Crippen molar-refractivity contribution in [1.82, 2.24) is 4.90 Å². The summed E-state index contributed by atoms with van der Waals surface area (Å²) in [7, 11) is 1.25. The van der Waals surface area contributed by atoms with Gasteiger partial charge in [-0.2, -0.15) is 13.2 Å². The summed E-state index contributed by atoms with van der Waals surface area (Å²) in [5.74, 6) is -0.556. The molecule has 0 unspecified atom stereocenters. The molecule has 0 heterocycles. The van der Waals surface area contributed by atoms with E-state index in [2.05, 4.69) is 4.74 Å². The van der Waals surface area contributed by atoms with Crippen molar-refractivity contribution in [2.45, 2.75) is 6.18 Å². The van der Waals surface area contributed by atoms with E-state index in [1.807, 2.05) is 0 Å². The molecule has 0 radical (unpaired) electrons. The minimum atomic E-state index is -4.57. The fraction of sp³-hybridized carbons (Fsp3) is 0.417. The Bertz CT molecular complexity index is 451. The van der Waals surface area contributed by atoms with Crippen LogP contribution >= 0.6 is 0 Å². The van der Waals surface area contributed by atoms with E-state index in [9.17, 15) is 22.4 Å². The lowest BCUT2D eigenvalue weighted by Crippen LogP contribution is -2.33. The zero-order valence-corrected chi connectivity index (χ0v) is 10.6. The summed E-state index contributed by atoms with van der Waals surface area (Å²) in [5, 5.41) is 0. The average Bonchev–Trinajstić information content (AvgIpc) is 2.37. The van der Waals surface area contributed by atoms with Crippen LogP contribution in [0, 0.1) is 5.82 Å². The van der Waals surface area contributed by atoms with Gasteiger partial charge in [-0.15, -0.1) is 0 Å². The summed E-state index contributed by atoms with van der Waals surface area (Å²) in [4.78, 5) is 12.1. The van der Waals surface area contributed by atoms with E-state index in [4.69, 9.17) is 4.74 Å². The van der Waals surface area contributed by atoms with Crippen LogP contribution in [0.3, 0.4) is 0 Å².